The highest BCUT2D eigenvalue weighted by molar-refractivity contribution is 7.92. The quantitative estimate of drug-likeness (QED) is 0.647. The number of aromatic nitrogens is 1. The molecule has 0 atom stereocenters. The number of nitrogens with zero attached hydrogens (tertiary/aromatic N) is 1. The fraction of sp³-hybridized carbons (Fsp3) is 0.500. The van der Waals surface area contributed by atoms with E-state index in [4.69, 9.17) is 27.9 Å². The van der Waals surface area contributed by atoms with E-state index in [1.165, 1.54) is 7.11 Å². The predicted octanol–water partition coefficient (Wildman–Crippen LogP) is 2.48. The van der Waals surface area contributed by atoms with E-state index in [0.717, 1.165) is 0 Å². The molecule has 0 amide bonds. The van der Waals surface area contributed by atoms with Crippen LogP contribution < -0.4 is 4.72 Å². The van der Waals surface area contributed by atoms with Gasteiger partial charge in [-0.1, -0.05) is 23.2 Å². The number of hydrogen-bond donors (Lipinski definition) is 1. The molecule has 0 radical (unpaired) electrons. The first kappa shape index (κ1) is 15.5. The summed E-state index contributed by atoms with van der Waals surface area (Å²) in [4.78, 5) is 3.79. The van der Waals surface area contributed by atoms with Crippen molar-refractivity contribution in [1.29, 1.82) is 0 Å². The minimum atomic E-state index is -3.46. The van der Waals surface area contributed by atoms with Crippen LogP contribution in [0.1, 0.15) is 12.0 Å². The van der Waals surface area contributed by atoms with Gasteiger partial charge in [0.25, 0.3) is 0 Å². The normalized spacial score (nSPS) is 11.6. The van der Waals surface area contributed by atoms with Crippen LogP contribution in [-0.4, -0.2) is 32.9 Å². The van der Waals surface area contributed by atoms with Crippen LogP contribution >= 0.6 is 23.2 Å². The van der Waals surface area contributed by atoms with Crippen LogP contribution in [0.15, 0.2) is 6.07 Å². The van der Waals surface area contributed by atoms with Crippen molar-refractivity contribution in [3.63, 3.8) is 0 Å². The average molecular weight is 313 g/mol. The number of aryl methyl sites for hydroxylation is 1. The SMILES string of the molecule is COCCCS(=O)(=O)Nc1c(C)cc(Cl)nc1Cl. The molecule has 5 nitrogen and oxygen atoms in total. The van der Waals surface area contributed by atoms with E-state index < -0.39 is 10.0 Å². The second-order valence-electron chi connectivity index (χ2n) is 3.69. The van der Waals surface area contributed by atoms with Crippen LogP contribution in [0.25, 0.3) is 0 Å². The number of ether oxygens (including phenoxy) is 1. The van der Waals surface area contributed by atoms with Crippen LogP contribution in [0, 0.1) is 6.92 Å². The van der Waals surface area contributed by atoms with Gasteiger partial charge in [0.05, 0.1) is 11.4 Å². The number of pyridine rings is 1. The Kier molecular flexibility index (Phi) is 5.65. The fourth-order valence-corrected chi connectivity index (χ4v) is 3.12. The Balaban J connectivity index is 2.84. The summed E-state index contributed by atoms with van der Waals surface area (Å²) in [7, 11) is -1.94. The van der Waals surface area contributed by atoms with Gasteiger partial charge in [-0.05, 0) is 25.0 Å². The molecule has 0 aliphatic rings. The lowest BCUT2D eigenvalue weighted by atomic mass is 10.3. The van der Waals surface area contributed by atoms with Gasteiger partial charge in [-0.25, -0.2) is 13.4 Å². The van der Waals surface area contributed by atoms with Crippen molar-refractivity contribution in [2.45, 2.75) is 13.3 Å². The average Bonchev–Trinajstić information content (AvgIpc) is 2.23. The first-order chi connectivity index (χ1) is 8.35. The third-order valence-electron chi connectivity index (χ3n) is 2.16. The van der Waals surface area contributed by atoms with Gasteiger partial charge in [-0.3, -0.25) is 4.72 Å². The fourth-order valence-electron chi connectivity index (χ4n) is 1.32. The van der Waals surface area contributed by atoms with Gasteiger partial charge in [0, 0.05) is 13.7 Å². The highest BCUT2D eigenvalue weighted by Gasteiger charge is 2.15. The minimum Gasteiger partial charge on any atom is -0.385 e. The Morgan fingerprint density at radius 3 is 2.67 bits per heavy atom. The van der Waals surface area contributed by atoms with Crippen molar-refractivity contribution in [2.75, 3.05) is 24.2 Å². The Morgan fingerprint density at radius 2 is 2.11 bits per heavy atom. The van der Waals surface area contributed by atoms with Gasteiger partial charge >= 0.3 is 0 Å². The first-order valence-corrected chi connectivity index (χ1v) is 7.58. The molecule has 0 aromatic carbocycles. The molecule has 0 spiro atoms. The molecular formula is C10H14Cl2N2O3S. The van der Waals surface area contributed by atoms with Gasteiger partial charge in [0.1, 0.15) is 5.15 Å². The summed E-state index contributed by atoms with van der Waals surface area (Å²) in [6, 6.07) is 1.54. The zero-order chi connectivity index (χ0) is 13.8. The van der Waals surface area contributed by atoms with Crippen LogP contribution in [0.2, 0.25) is 10.3 Å². The number of hydrogen-bond acceptors (Lipinski definition) is 4. The van der Waals surface area contributed by atoms with E-state index in [9.17, 15) is 8.42 Å². The van der Waals surface area contributed by atoms with Crippen molar-refractivity contribution in [3.8, 4) is 0 Å². The predicted molar refractivity (Wildman–Crippen MR) is 72.9 cm³/mol. The summed E-state index contributed by atoms with van der Waals surface area (Å²) in [5.41, 5.74) is 0.883. The van der Waals surface area contributed by atoms with E-state index in [2.05, 4.69) is 9.71 Å². The highest BCUT2D eigenvalue weighted by atomic mass is 35.5. The molecule has 0 unspecified atom stereocenters. The second kappa shape index (κ2) is 6.56. The molecule has 0 aliphatic carbocycles. The maximum atomic E-state index is 11.8. The third-order valence-corrected chi connectivity index (χ3v) is 3.97. The summed E-state index contributed by atoms with van der Waals surface area (Å²) in [5, 5.41) is 0.259. The Bertz CT molecular complexity index is 497. The topological polar surface area (TPSA) is 68.3 Å². The van der Waals surface area contributed by atoms with Crippen molar-refractivity contribution >= 4 is 38.9 Å². The molecule has 0 fully saturated rings. The summed E-state index contributed by atoms with van der Waals surface area (Å²) in [5.74, 6) is -0.0424. The molecule has 1 aromatic heterocycles. The van der Waals surface area contributed by atoms with Gasteiger partial charge < -0.3 is 4.74 Å². The molecule has 18 heavy (non-hydrogen) atoms. The number of nitrogens with one attached hydrogen (secondary N) is 1. The number of anilines is 1. The first-order valence-electron chi connectivity index (χ1n) is 5.18. The second-order valence-corrected chi connectivity index (χ2v) is 6.28. The number of rotatable bonds is 6. The molecule has 0 aliphatic heterocycles. The van der Waals surface area contributed by atoms with E-state index in [-0.39, 0.29) is 21.7 Å². The number of halogens is 2. The molecule has 1 heterocycles. The summed E-state index contributed by atoms with van der Waals surface area (Å²) < 4.78 is 30.8. The largest absolute Gasteiger partial charge is 0.385 e. The zero-order valence-corrected chi connectivity index (χ0v) is 12.4. The molecule has 0 saturated heterocycles. The molecule has 0 bridgehead atoms. The molecule has 1 N–H and O–H groups in total. The smallest absolute Gasteiger partial charge is 0.232 e. The van der Waals surface area contributed by atoms with Gasteiger partial charge in [-0.15, -0.1) is 0 Å². The maximum Gasteiger partial charge on any atom is 0.232 e. The molecule has 1 rings (SSSR count). The number of sulfonamides is 1. The van der Waals surface area contributed by atoms with Crippen molar-refractivity contribution < 1.29 is 13.2 Å². The standard InChI is InChI=1S/C10H14Cl2N2O3S/c1-7-6-8(11)13-10(12)9(7)14-18(15,16)5-3-4-17-2/h6,14H,3-5H2,1-2H3. The number of methoxy groups -OCH3 is 1. The van der Waals surface area contributed by atoms with E-state index in [1.54, 1.807) is 13.0 Å². The minimum absolute atomic E-state index is 0.0373. The molecule has 0 saturated carbocycles. The van der Waals surface area contributed by atoms with Crippen LogP contribution in [0.4, 0.5) is 5.69 Å². The van der Waals surface area contributed by atoms with Crippen molar-refractivity contribution in [3.05, 3.63) is 21.9 Å². The Labute approximate surface area is 117 Å². The summed E-state index contributed by atoms with van der Waals surface area (Å²) in [6.45, 7) is 2.08. The lowest BCUT2D eigenvalue weighted by Crippen LogP contribution is -2.18. The van der Waals surface area contributed by atoms with Crippen molar-refractivity contribution in [2.24, 2.45) is 0 Å². The molecule has 102 valence electrons. The zero-order valence-electron chi connectivity index (χ0n) is 10.0. The monoisotopic (exact) mass is 312 g/mol. The van der Waals surface area contributed by atoms with Crippen LogP contribution in [0.3, 0.4) is 0 Å². The lowest BCUT2D eigenvalue weighted by Gasteiger charge is -2.11. The van der Waals surface area contributed by atoms with E-state index in [1.807, 2.05) is 0 Å². The van der Waals surface area contributed by atoms with Gasteiger partial charge in [0.2, 0.25) is 10.0 Å². The highest BCUT2D eigenvalue weighted by Crippen LogP contribution is 2.27. The van der Waals surface area contributed by atoms with E-state index in [0.29, 0.717) is 18.6 Å². The van der Waals surface area contributed by atoms with Gasteiger partial charge in [-0.2, -0.15) is 0 Å². The van der Waals surface area contributed by atoms with Crippen LogP contribution in [0.5, 0.6) is 0 Å². The summed E-state index contributed by atoms with van der Waals surface area (Å²) in [6.07, 6.45) is 0.406. The third kappa shape index (κ3) is 4.61. The molecule has 8 heteroatoms. The summed E-state index contributed by atoms with van der Waals surface area (Å²) >= 11 is 11.6. The van der Waals surface area contributed by atoms with Gasteiger partial charge in [0.15, 0.2) is 5.15 Å². The molecular weight excluding hydrogens is 299 g/mol. The van der Waals surface area contributed by atoms with E-state index >= 15 is 0 Å². The van der Waals surface area contributed by atoms with Crippen LogP contribution in [-0.2, 0) is 14.8 Å². The Morgan fingerprint density at radius 1 is 1.44 bits per heavy atom. The Hall–Kier alpha value is -0.560. The molecule has 1 aromatic rings. The lowest BCUT2D eigenvalue weighted by molar-refractivity contribution is 0.199. The maximum absolute atomic E-state index is 11.8. The van der Waals surface area contributed by atoms with Crippen molar-refractivity contribution in [1.82, 2.24) is 4.98 Å².